The Labute approximate surface area is 139 Å². The van der Waals surface area contributed by atoms with E-state index in [1.807, 2.05) is 4.90 Å². The maximum atomic E-state index is 12.5. The van der Waals surface area contributed by atoms with Crippen LogP contribution in [-0.4, -0.2) is 81.5 Å². The van der Waals surface area contributed by atoms with E-state index in [1.54, 1.807) is 7.11 Å². The molecule has 132 valence electrons. The maximum Gasteiger partial charge on any atom is 0.317 e. The molecule has 3 aliphatic rings. The number of hydrogen-bond donors (Lipinski definition) is 1. The van der Waals surface area contributed by atoms with Crippen molar-refractivity contribution in [3.8, 4) is 0 Å². The molecule has 2 amide bonds. The molecule has 2 saturated heterocycles. The van der Waals surface area contributed by atoms with E-state index in [-0.39, 0.29) is 11.4 Å². The highest BCUT2D eigenvalue weighted by Gasteiger charge is 2.39. The second kappa shape index (κ2) is 7.36. The molecule has 0 radical (unpaired) electrons. The minimum Gasteiger partial charge on any atom is -0.384 e. The smallest absolute Gasteiger partial charge is 0.317 e. The molecule has 0 unspecified atom stereocenters. The number of carbonyl (C=O) groups is 1. The Kier molecular flexibility index (Phi) is 5.44. The summed E-state index contributed by atoms with van der Waals surface area (Å²) in [6.45, 7) is 9.04. The van der Waals surface area contributed by atoms with Crippen LogP contribution in [0.3, 0.4) is 0 Å². The first-order chi connectivity index (χ1) is 11.1. The zero-order valence-electron chi connectivity index (χ0n) is 14.6. The SMILES string of the molecule is COCC1(CNC(=O)N2C[C@H](C)[C@@H](N3CCOCC3)C2)CCC1. The average molecular weight is 325 g/mol. The number of morpholine rings is 1. The van der Waals surface area contributed by atoms with Gasteiger partial charge in [0.2, 0.25) is 0 Å². The van der Waals surface area contributed by atoms with E-state index in [2.05, 4.69) is 17.1 Å². The summed E-state index contributed by atoms with van der Waals surface area (Å²) < 4.78 is 10.8. The zero-order valence-corrected chi connectivity index (χ0v) is 14.6. The molecule has 1 N–H and O–H groups in total. The summed E-state index contributed by atoms with van der Waals surface area (Å²) in [4.78, 5) is 17.0. The van der Waals surface area contributed by atoms with Crippen molar-refractivity contribution in [2.24, 2.45) is 11.3 Å². The van der Waals surface area contributed by atoms with Gasteiger partial charge in [0.05, 0.1) is 19.8 Å². The van der Waals surface area contributed by atoms with Crippen molar-refractivity contribution in [1.82, 2.24) is 15.1 Å². The highest BCUT2D eigenvalue weighted by atomic mass is 16.5. The van der Waals surface area contributed by atoms with Crippen LogP contribution in [0.4, 0.5) is 4.79 Å². The zero-order chi connectivity index (χ0) is 16.3. The van der Waals surface area contributed by atoms with Crippen molar-refractivity contribution in [1.29, 1.82) is 0 Å². The highest BCUT2D eigenvalue weighted by molar-refractivity contribution is 5.74. The molecule has 23 heavy (non-hydrogen) atoms. The summed E-state index contributed by atoms with van der Waals surface area (Å²) in [7, 11) is 1.75. The quantitative estimate of drug-likeness (QED) is 0.824. The number of carbonyl (C=O) groups excluding carboxylic acids is 1. The van der Waals surface area contributed by atoms with Gasteiger partial charge < -0.3 is 19.7 Å². The van der Waals surface area contributed by atoms with Crippen LogP contribution in [0.2, 0.25) is 0 Å². The van der Waals surface area contributed by atoms with Gasteiger partial charge in [-0.25, -0.2) is 4.79 Å². The molecule has 0 aromatic heterocycles. The predicted octanol–water partition coefficient (Wildman–Crippen LogP) is 1.17. The summed E-state index contributed by atoms with van der Waals surface area (Å²) in [5.74, 6) is 0.524. The molecule has 1 aliphatic carbocycles. The predicted molar refractivity (Wildman–Crippen MR) is 88.5 cm³/mol. The number of nitrogens with one attached hydrogen (secondary N) is 1. The first-order valence-electron chi connectivity index (χ1n) is 8.97. The van der Waals surface area contributed by atoms with E-state index >= 15 is 0 Å². The molecule has 3 fully saturated rings. The second-order valence-electron chi connectivity index (χ2n) is 7.54. The van der Waals surface area contributed by atoms with E-state index in [0.29, 0.717) is 12.0 Å². The third-order valence-electron chi connectivity index (χ3n) is 5.85. The van der Waals surface area contributed by atoms with Crippen molar-refractivity contribution < 1.29 is 14.3 Å². The Hall–Kier alpha value is -0.850. The van der Waals surface area contributed by atoms with Crippen molar-refractivity contribution in [3.63, 3.8) is 0 Å². The van der Waals surface area contributed by atoms with Crippen LogP contribution in [0.25, 0.3) is 0 Å². The summed E-state index contributed by atoms with van der Waals surface area (Å²) in [6.07, 6.45) is 3.57. The molecular formula is C17H31N3O3. The van der Waals surface area contributed by atoms with E-state index < -0.39 is 0 Å². The van der Waals surface area contributed by atoms with Crippen LogP contribution in [0.5, 0.6) is 0 Å². The fraction of sp³-hybridized carbons (Fsp3) is 0.941. The fourth-order valence-electron chi connectivity index (χ4n) is 4.23. The lowest BCUT2D eigenvalue weighted by molar-refractivity contribution is 0.0119. The molecule has 3 rings (SSSR count). The Morgan fingerprint density at radius 3 is 2.65 bits per heavy atom. The first kappa shape index (κ1) is 17.0. The first-order valence-corrected chi connectivity index (χ1v) is 8.97. The normalized spacial score (nSPS) is 31.0. The summed E-state index contributed by atoms with van der Waals surface area (Å²) in [5, 5.41) is 3.16. The van der Waals surface area contributed by atoms with Crippen molar-refractivity contribution in [2.45, 2.75) is 32.2 Å². The van der Waals surface area contributed by atoms with Crippen LogP contribution in [0.1, 0.15) is 26.2 Å². The van der Waals surface area contributed by atoms with Crippen LogP contribution in [0.15, 0.2) is 0 Å². The number of ether oxygens (including phenoxy) is 2. The van der Waals surface area contributed by atoms with Crippen molar-refractivity contribution >= 4 is 6.03 Å². The molecule has 0 spiro atoms. The van der Waals surface area contributed by atoms with Gasteiger partial charge in [-0.05, 0) is 18.8 Å². The Morgan fingerprint density at radius 2 is 2.04 bits per heavy atom. The van der Waals surface area contributed by atoms with Crippen LogP contribution >= 0.6 is 0 Å². The standard InChI is InChI=1S/C17H31N3O3/c1-14-10-20(11-15(14)19-6-8-23-9-7-19)16(21)18-12-17(13-22-2)4-3-5-17/h14-15H,3-13H2,1-2H3,(H,18,21)/t14-,15-/m0/s1. The van der Waals surface area contributed by atoms with Gasteiger partial charge in [0.1, 0.15) is 0 Å². The summed E-state index contributed by atoms with van der Waals surface area (Å²) in [6, 6.07) is 0.566. The van der Waals surface area contributed by atoms with Crippen LogP contribution in [-0.2, 0) is 9.47 Å². The van der Waals surface area contributed by atoms with E-state index in [1.165, 1.54) is 6.42 Å². The molecule has 0 bridgehead atoms. The molecule has 1 saturated carbocycles. The van der Waals surface area contributed by atoms with Crippen molar-refractivity contribution in [3.05, 3.63) is 0 Å². The van der Waals surface area contributed by atoms with Gasteiger partial charge in [-0.2, -0.15) is 0 Å². The molecular weight excluding hydrogens is 294 g/mol. The lowest BCUT2D eigenvalue weighted by Crippen LogP contribution is -2.50. The van der Waals surface area contributed by atoms with Gasteiger partial charge in [-0.3, -0.25) is 4.90 Å². The van der Waals surface area contributed by atoms with E-state index in [4.69, 9.17) is 9.47 Å². The van der Waals surface area contributed by atoms with E-state index in [0.717, 1.165) is 65.4 Å². The summed E-state index contributed by atoms with van der Waals surface area (Å²) in [5.41, 5.74) is 0.180. The number of rotatable bonds is 5. The Balaban J connectivity index is 1.48. The highest BCUT2D eigenvalue weighted by Crippen LogP contribution is 2.40. The molecule has 0 aromatic rings. The van der Waals surface area contributed by atoms with Crippen LogP contribution in [0, 0.1) is 11.3 Å². The van der Waals surface area contributed by atoms with Gasteiger partial charge >= 0.3 is 6.03 Å². The van der Waals surface area contributed by atoms with Gasteiger partial charge in [-0.1, -0.05) is 13.3 Å². The monoisotopic (exact) mass is 325 g/mol. The number of nitrogens with zero attached hydrogens (tertiary/aromatic N) is 2. The number of urea groups is 1. The number of amides is 2. The van der Waals surface area contributed by atoms with Gasteiger partial charge in [0.25, 0.3) is 0 Å². The van der Waals surface area contributed by atoms with Gasteiger partial charge in [0.15, 0.2) is 0 Å². The molecule has 6 nitrogen and oxygen atoms in total. The average Bonchev–Trinajstić information content (AvgIpc) is 2.92. The molecule has 6 heteroatoms. The minimum atomic E-state index is 0.0926. The van der Waals surface area contributed by atoms with Crippen molar-refractivity contribution in [2.75, 3.05) is 59.7 Å². The Bertz CT molecular complexity index is 408. The lowest BCUT2D eigenvalue weighted by atomic mass is 9.69. The largest absolute Gasteiger partial charge is 0.384 e. The van der Waals surface area contributed by atoms with E-state index in [9.17, 15) is 4.79 Å². The van der Waals surface area contributed by atoms with Gasteiger partial charge in [-0.15, -0.1) is 0 Å². The molecule has 0 aromatic carbocycles. The lowest BCUT2D eigenvalue weighted by Gasteiger charge is -2.41. The third-order valence-corrected chi connectivity index (χ3v) is 5.85. The minimum absolute atomic E-state index is 0.0926. The number of hydrogen-bond acceptors (Lipinski definition) is 4. The van der Waals surface area contributed by atoms with Gasteiger partial charge in [0, 0.05) is 51.3 Å². The summed E-state index contributed by atoms with van der Waals surface area (Å²) >= 11 is 0. The number of methoxy groups -OCH3 is 1. The molecule has 2 heterocycles. The second-order valence-corrected chi connectivity index (χ2v) is 7.54. The third kappa shape index (κ3) is 3.80. The maximum absolute atomic E-state index is 12.5. The fourth-order valence-corrected chi connectivity index (χ4v) is 4.23. The number of likely N-dealkylation sites (tertiary alicyclic amines) is 1. The van der Waals surface area contributed by atoms with Crippen LogP contribution < -0.4 is 5.32 Å². The topological polar surface area (TPSA) is 54.0 Å². The Morgan fingerprint density at radius 1 is 1.30 bits per heavy atom. The molecule has 2 atom stereocenters. The molecule has 2 aliphatic heterocycles.